The largest absolute Gasteiger partial charge is 0.454 e. The first-order chi connectivity index (χ1) is 12.2. The fourth-order valence-corrected chi connectivity index (χ4v) is 2.96. The zero-order valence-corrected chi connectivity index (χ0v) is 14.1. The molecule has 2 aliphatic heterocycles. The standard InChI is InChI=1S/C18H20N4O3/c1-21-4-6-22(7-5-21)18(23)13-8-15(11-19-10-13)20-14-2-3-16-17(9-14)25-12-24-16/h2-3,8-11,20H,4-7,12H2,1H3. The number of nitrogens with zero attached hydrogens (tertiary/aromatic N) is 3. The molecule has 1 saturated heterocycles. The number of carbonyl (C=O) groups excluding carboxylic acids is 1. The molecule has 130 valence electrons. The topological polar surface area (TPSA) is 66.9 Å². The van der Waals surface area contributed by atoms with E-state index < -0.39 is 0 Å². The van der Waals surface area contributed by atoms with Gasteiger partial charge in [-0.2, -0.15) is 0 Å². The van der Waals surface area contributed by atoms with Crippen molar-refractivity contribution in [3.8, 4) is 11.5 Å². The van der Waals surface area contributed by atoms with Crippen LogP contribution in [0.3, 0.4) is 0 Å². The Morgan fingerprint density at radius 3 is 2.68 bits per heavy atom. The highest BCUT2D eigenvalue weighted by Crippen LogP contribution is 2.35. The zero-order chi connectivity index (χ0) is 17.2. The van der Waals surface area contributed by atoms with Crippen LogP contribution in [-0.4, -0.2) is 60.7 Å². The number of likely N-dealkylation sites (N-methyl/N-ethyl adjacent to an activating group) is 1. The van der Waals surface area contributed by atoms with Crippen molar-refractivity contribution in [3.63, 3.8) is 0 Å². The Kier molecular flexibility index (Phi) is 4.15. The van der Waals surface area contributed by atoms with Crippen molar-refractivity contribution in [2.75, 3.05) is 45.3 Å². The first-order valence-electron chi connectivity index (χ1n) is 8.28. The molecule has 3 heterocycles. The summed E-state index contributed by atoms with van der Waals surface area (Å²) < 4.78 is 10.7. The predicted molar refractivity (Wildman–Crippen MR) is 93.5 cm³/mol. The lowest BCUT2D eigenvalue weighted by Crippen LogP contribution is -2.47. The number of piperazine rings is 1. The van der Waals surface area contributed by atoms with E-state index in [4.69, 9.17) is 9.47 Å². The van der Waals surface area contributed by atoms with E-state index in [1.54, 1.807) is 12.4 Å². The van der Waals surface area contributed by atoms with Crippen LogP contribution in [-0.2, 0) is 0 Å². The molecule has 1 N–H and O–H groups in total. The maximum Gasteiger partial charge on any atom is 0.255 e. The van der Waals surface area contributed by atoms with E-state index in [0.717, 1.165) is 43.3 Å². The molecule has 25 heavy (non-hydrogen) atoms. The van der Waals surface area contributed by atoms with Gasteiger partial charge in [-0.05, 0) is 25.2 Å². The molecule has 1 aromatic carbocycles. The predicted octanol–water partition coefficient (Wildman–Crippen LogP) is 1.94. The molecular weight excluding hydrogens is 320 g/mol. The van der Waals surface area contributed by atoms with Crippen molar-refractivity contribution < 1.29 is 14.3 Å². The lowest BCUT2D eigenvalue weighted by Gasteiger charge is -2.32. The molecule has 2 aliphatic rings. The fourth-order valence-electron chi connectivity index (χ4n) is 2.96. The fraction of sp³-hybridized carbons (Fsp3) is 0.333. The molecular formula is C18H20N4O3. The van der Waals surface area contributed by atoms with Crippen LogP contribution in [0.2, 0.25) is 0 Å². The second kappa shape index (κ2) is 6.60. The van der Waals surface area contributed by atoms with Crippen LogP contribution in [0.1, 0.15) is 10.4 Å². The van der Waals surface area contributed by atoms with Crippen LogP contribution in [0.25, 0.3) is 0 Å². The summed E-state index contributed by atoms with van der Waals surface area (Å²) in [5, 5.41) is 3.26. The van der Waals surface area contributed by atoms with Gasteiger partial charge in [-0.3, -0.25) is 9.78 Å². The van der Waals surface area contributed by atoms with E-state index in [2.05, 4.69) is 22.2 Å². The molecule has 0 saturated carbocycles. The minimum atomic E-state index is 0.0231. The van der Waals surface area contributed by atoms with Crippen molar-refractivity contribution in [1.82, 2.24) is 14.8 Å². The number of pyridine rings is 1. The van der Waals surface area contributed by atoms with Gasteiger partial charge >= 0.3 is 0 Å². The van der Waals surface area contributed by atoms with Gasteiger partial charge in [0, 0.05) is 44.1 Å². The maximum absolute atomic E-state index is 12.7. The summed E-state index contributed by atoms with van der Waals surface area (Å²) in [6.07, 6.45) is 3.32. The van der Waals surface area contributed by atoms with Crippen LogP contribution in [0.4, 0.5) is 11.4 Å². The number of fused-ring (bicyclic) bond motifs is 1. The third-order valence-corrected chi connectivity index (χ3v) is 4.44. The van der Waals surface area contributed by atoms with E-state index in [9.17, 15) is 4.79 Å². The number of carbonyl (C=O) groups is 1. The minimum Gasteiger partial charge on any atom is -0.454 e. The molecule has 1 amide bonds. The maximum atomic E-state index is 12.7. The number of anilines is 2. The van der Waals surface area contributed by atoms with E-state index in [1.165, 1.54) is 0 Å². The summed E-state index contributed by atoms with van der Waals surface area (Å²) in [5.41, 5.74) is 2.21. The van der Waals surface area contributed by atoms with Crippen LogP contribution in [0.5, 0.6) is 11.5 Å². The molecule has 2 aromatic rings. The number of amides is 1. The van der Waals surface area contributed by atoms with Gasteiger partial charge < -0.3 is 24.6 Å². The van der Waals surface area contributed by atoms with E-state index in [-0.39, 0.29) is 12.7 Å². The monoisotopic (exact) mass is 340 g/mol. The Hall–Kier alpha value is -2.80. The molecule has 0 aliphatic carbocycles. The number of aromatic nitrogens is 1. The average molecular weight is 340 g/mol. The van der Waals surface area contributed by atoms with Gasteiger partial charge in [0.25, 0.3) is 5.91 Å². The van der Waals surface area contributed by atoms with Crippen LogP contribution in [0.15, 0.2) is 36.7 Å². The van der Waals surface area contributed by atoms with Gasteiger partial charge in [-0.1, -0.05) is 0 Å². The van der Waals surface area contributed by atoms with Gasteiger partial charge in [-0.25, -0.2) is 0 Å². The van der Waals surface area contributed by atoms with Crippen molar-refractivity contribution in [2.45, 2.75) is 0 Å². The van der Waals surface area contributed by atoms with Gasteiger partial charge in [0.2, 0.25) is 6.79 Å². The van der Waals surface area contributed by atoms with Gasteiger partial charge in [-0.15, -0.1) is 0 Å². The molecule has 0 spiro atoms. The van der Waals surface area contributed by atoms with Crippen molar-refractivity contribution >= 4 is 17.3 Å². The van der Waals surface area contributed by atoms with Crippen molar-refractivity contribution in [3.05, 3.63) is 42.2 Å². The summed E-state index contributed by atoms with van der Waals surface area (Å²) in [4.78, 5) is 21.0. The first kappa shape index (κ1) is 15.7. The molecule has 1 fully saturated rings. The van der Waals surface area contributed by atoms with Crippen molar-refractivity contribution in [1.29, 1.82) is 0 Å². The smallest absolute Gasteiger partial charge is 0.255 e. The number of rotatable bonds is 3. The minimum absolute atomic E-state index is 0.0231. The lowest BCUT2D eigenvalue weighted by molar-refractivity contribution is 0.0663. The number of hydrogen-bond donors (Lipinski definition) is 1. The molecule has 4 rings (SSSR count). The highest BCUT2D eigenvalue weighted by Gasteiger charge is 2.21. The molecule has 7 heteroatoms. The third-order valence-electron chi connectivity index (χ3n) is 4.44. The third kappa shape index (κ3) is 3.36. The zero-order valence-electron chi connectivity index (χ0n) is 14.1. The summed E-state index contributed by atoms with van der Waals surface area (Å²) >= 11 is 0. The van der Waals surface area contributed by atoms with E-state index >= 15 is 0 Å². The molecule has 0 bridgehead atoms. The highest BCUT2D eigenvalue weighted by molar-refractivity contribution is 5.95. The Balaban J connectivity index is 1.48. The van der Waals surface area contributed by atoms with Gasteiger partial charge in [0.05, 0.1) is 17.4 Å². The Morgan fingerprint density at radius 2 is 1.84 bits per heavy atom. The highest BCUT2D eigenvalue weighted by atomic mass is 16.7. The summed E-state index contributed by atoms with van der Waals surface area (Å²) in [7, 11) is 2.07. The normalized spacial score (nSPS) is 16.8. The average Bonchev–Trinajstić information content (AvgIpc) is 3.10. The SMILES string of the molecule is CN1CCN(C(=O)c2cncc(Nc3ccc4c(c3)OCO4)c2)CC1. The summed E-state index contributed by atoms with van der Waals surface area (Å²) in [6, 6.07) is 7.47. The summed E-state index contributed by atoms with van der Waals surface area (Å²) in [5.74, 6) is 1.47. The van der Waals surface area contributed by atoms with E-state index in [1.807, 2.05) is 29.2 Å². The number of hydrogen-bond acceptors (Lipinski definition) is 6. The second-order valence-corrected chi connectivity index (χ2v) is 6.25. The number of benzene rings is 1. The van der Waals surface area contributed by atoms with Crippen LogP contribution in [0, 0.1) is 0 Å². The van der Waals surface area contributed by atoms with Gasteiger partial charge in [0.15, 0.2) is 11.5 Å². The van der Waals surface area contributed by atoms with E-state index in [0.29, 0.717) is 11.3 Å². The molecule has 0 radical (unpaired) electrons. The first-order valence-corrected chi connectivity index (χ1v) is 8.28. The Labute approximate surface area is 146 Å². The summed E-state index contributed by atoms with van der Waals surface area (Å²) in [6.45, 7) is 3.53. The molecule has 0 unspecified atom stereocenters. The number of nitrogens with one attached hydrogen (secondary N) is 1. The molecule has 7 nitrogen and oxygen atoms in total. The Bertz CT molecular complexity index is 788. The van der Waals surface area contributed by atoms with Gasteiger partial charge in [0.1, 0.15) is 0 Å². The van der Waals surface area contributed by atoms with Crippen LogP contribution >= 0.6 is 0 Å². The number of ether oxygens (including phenoxy) is 2. The second-order valence-electron chi connectivity index (χ2n) is 6.25. The molecule has 1 aromatic heterocycles. The molecule has 0 atom stereocenters. The quantitative estimate of drug-likeness (QED) is 0.921. The lowest BCUT2D eigenvalue weighted by atomic mass is 10.2. The Morgan fingerprint density at radius 1 is 1.04 bits per heavy atom. The van der Waals surface area contributed by atoms with Crippen LogP contribution < -0.4 is 14.8 Å². The van der Waals surface area contributed by atoms with Crippen molar-refractivity contribution in [2.24, 2.45) is 0 Å².